The summed E-state index contributed by atoms with van der Waals surface area (Å²) >= 11 is 0. The van der Waals surface area contributed by atoms with E-state index in [4.69, 9.17) is 0 Å². The van der Waals surface area contributed by atoms with Gasteiger partial charge in [-0.05, 0) is 82.9 Å². The molecule has 2 fully saturated rings. The van der Waals surface area contributed by atoms with Gasteiger partial charge < -0.3 is 10.2 Å². The Balaban J connectivity index is 1.31. The summed E-state index contributed by atoms with van der Waals surface area (Å²) < 4.78 is 0. The van der Waals surface area contributed by atoms with Crippen LogP contribution >= 0.6 is 0 Å². The number of amides is 1. The number of likely N-dealkylation sites (tertiary alicyclic amines) is 2. The number of rotatable bonds is 7. The Morgan fingerprint density at radius 3 is 2.50 bits per heavy atom. The minimum Gasteiger partial charge on any atom is -0.356 e. The third-order valence-electron chi connectivity index (χ3n) is 6.01. The summed E-state index contributed by atoms with van der Waals surface area (Å²) in [6.45, 7) is 9.70. The highest BCUT2D eigenvalue weighted by atomic mass is 16.1. The van der Waals surface area contributed by atoms with Gasteiger partial charge in [0.25, 0.3) is 0 Å². The summed E-state index contributed by atoms with van der Waals surface area (Å²) in [5.74, 6) is 0.484. The molecule has 2 heterocycles. The number of carbonyl (C=O) groups excluding carboxylic acids is 1. The van der Waals surface area contributed by atoms with Crippen LogP contribution in [-0.4, -0.2) is 55.0 Å². The van der Waals surface area contributed by atoms with Gasteiger partial charge in [-0.1, -0.05) is 30.7 Å². The molecule has 1 aromatic rings. The molecule has 1 amide bonds. The minimum absolute atomic E-state index is 0.207. The first-order valence-corrected chi connectivity index (χ1v) is 10.5. The lowest BCUT2D eigenvalue weighted by atomic mass is 9.95. The fraction of sp³-hybridized carbons (Fsp3) is 0.682. The van der Waals surface area contributed by atoms with Gasteiger partial charge in [0.1, 0.15) is 0 Å². The summed E-state index contributed by atoms with van der Waals surface area (Å²) in [6, 6.07) is 8.61. The summed E-state index contributed by atoms with van der Waals surface area (Å²) in [5.41, 5.74) is 2.77. The Morgan fingerprint density at radius 1 is 1.04 bits per heavy atom. The summed E-state index contributed by atoms with van der Waals surface area (Å²) in [4.78, 5) is 17.5. The zero-order chi connectivity index (χ0) is 18.2. The van der Waals surface area contributed by atoms with Crippen LogP contribution in [0.1, 0.15) is 49.7 Å². The van der Waals surface area contributed by atoms with E-state index >= 15 is 0 Å². The highest BCUT2D eigenvalue weighted by Gasteiger charge is 2.24. The van der Waals surface area contributed by atoms with Crippen molar-refractivity contribution in [3.05, 3.63) is 35.4 Å². The molecule has 4 nitrogen and oxygen atoms in total. The molecule has 4 heteroatoms. The van der Waals surface area contributed by atoms with Crippen LogP contribution in [0, 0.1) is 12.8 Å². The topological polar surface area (TPSA) is 35.6 Å². The second-order valence-corrected chi connectivity index (χ2v) is 8.02. The van der Waals surface area contributed by atoms with Crippen molar-refractivity contribution in [3.8, 4) is 0 Å². The molecule has 2 aliphatic rings. The maximum atomic E-state index is 12.4. The quantitative estimate of drug-likeness (QED) is 0.761. The first kappa shape index (κ1) is 19.4. The highest BCUT2D eigenvalue weighted by molar-refractivity contribution is 5.78. The van der Waals surface area contributed by atoms with Crippen LogP contribution in [0.4, 0.5) is 0 Å². The van der Waals surface area contributed by atoms with Crippen molar-refractivity contribution >= 4 is 5.91 Å². The molecular formula is C22H35N3O. The van der Waals surface area contributed by atoms with E-state index in [1.165, 1.54) is 43.5 Å². The largest absolute Gasteiger partial charge is 0.356 e. The normalized spacial score (nSPS) is 20.2. The predicted molar refractivity (Wildman–Crippen MR) is 107 cm³/mol. The molecule has 0 radical (unpaired) electrons. The molecule has 0 spiro atoms. The van der Waals surface area contributed by atoms with Crippen LogP contribution in [0.5, 0.6) is 0 Å². The number of piperidine rings is 2. The van der Waals surface area contributed by atoms with Crippen molar-refractivity contribution in [3.63, 3.8) is 0 Å². The fourth-order valence-corrected chi connectivity index (χ4v) is 4.22. The third kappa shape index (κ3) is 5.82. The monoisotopic (exact) mass is 357 g/mol. The Bertz CT molecular complexity index is 560. The zero-order valence-corrected chi connectivity index (χ0v) is 16.4. The fourth-order valence-electron chi connectivity index (χ4n) is 4.22. The molecule has 0 atom stereocenters. The number of hydrogen-bond acceptors (Lipinski definition) is 3. The van der Waals surface area contributed by atoms with Crippen LogP contribution in [-0.2, 0) is 11.3 Å². The van der Waals surface area contributed by atoms with Crippen LogP contribution in [0.3, 0.4) is 0 Å². The Morgan fingerprint density at radius 2 is 1.77 bits per heavy atom. The molecule has 3 rings (SSSR count). The zero-order valence-electron chi connectivity index (χ0n) is 16.4. The number of nitrogens with one attached hydrogen (secondary N) is 1. The Labute approximate surface area is 158 Å². The average molecular weight is 358 g/mol. The van der Waals surface area contributed by atoms with E-state index in [1.54, 1.807) is 0 Å². The number of aryl methyl sites for hydroxylation is 1. The van der Waals surface area contributed by atoms with E-state index in [1.807, 2.05) is 0 Å². The molecule has 0 unspecified atom stereocenters. The molecular weight excluding hydrogens is 322 g/mol. The minimum atomic E-state index is 0.207. The van der Waals surface area contributed by atoms with Crippen molar-refractivity contribution < 1.29 is 4.79 Å². The van der Waals surface area contributed by atoms with Crippen LogP contribution in [0.25, 0.3) is 0 Å². The second kappa shape index (κ2) is 10.1. The lowest BCUT2D eigenvalue weighted by Crippen LogP contribution is -2.41. The van der Waals surface area contributed by atoms with Crippen molar-refractivity contribution in [2.45, 2.75) is 52.0 Å². The first-order valence-electron chi connectivity index (χ1n) is 10.5. The Hall–Kier alpha value is -1.39. The van der Waals surface area contributed by atoms with E-state index in [9.17, 15) is 4.79 Å². The van der Waals surface area contributed by atoms with E-state index < -0.39 is 0 Å². The molecule has 1 aromatic carbocycles. The van der Waals surface area contributed by atoms with Crippen molar-refractivity contribution in [2.75, 3.05) is 39.3 Å². The smallest absolute Gasteiger partial charge is 0.223 e. The van der Waals surface area contributed by atoms with Crippen LogP contribution in [0.15, 0.2) is 24.3 Å². The van der Waals surface area contributed by atoms with E-state index in [0.29, 0.717) is 0 Å². The van der Waals surface area contributed by atoms with Gasteiger partial charge in [0, 0.05) is 19.0 Å². The average Bonchev–Trinajstić information content (AvgIpc) is 2.68. The molecule has 144 valence electrons. The Kier molecular flexibility index (Phi) is 7.51. The van der Waals surface area contributed by atoms with Crippen molar-refractivity contribution in [1.29, 1.82) is 0 Å². The molecule has 0 aliphatic carbocycles. The highest BCUT2D eigenvalue weighted by Crippen LogP contribution is 2.20. The number of carbonyl (C=O) groups is 1. The molecule has 26 heavy (non-hydrogen) atoms. The molecule has 0 saturated carbocycles. The van der Waals surface area contributed by atoms with Gasteiger partial charge in [0.05, 0.1) is 0 Å². The third-order valence-corrected chi connectivity index (χ3v) is 6.01. The molecule has 0 aromatic heterocycles. The van der Waals surface area contributed by atoms with Crippen LogP contribution < -0.4 is 5.32 Å². The van der Waals surface area contributed by atoms with Gasteiger partial charge in [-0.3, -0.25) is 9.69 Å². The summed E-state index contributed by atoms with van der Waals surface area (Å²) in [5, 5.41) is 3.18. The lowest BCUT2D eigenvalue weighted by Gasteiger charge is -2.31. The maximum Gasteiger partial charge on any atom is 0.223 e. The van der Waals surface area contributed by atoms with Gasteiger partial charge in [-0.15, -0.1) is 0 Å². The molecule has 1 N–H and O–H groups in total. The summed E-state index contributed by atoms with van der Waals surface area (Å²) in [7, 11) is 0. The van der Waals surface area contributed by atoms with Crippen LogP contribution in [0.2, 0.25) is 0 Å². The molecule has 0 bridgehead atoms. The maximum absolute atomic E-state index is 12.4. The predicted octanol–water partition coefficient (Wildman–Crippen LogP) is 3.20. The van der Waals surface area contributed by atoms with Gasteiger partial charge >= 0.3 is 0 Å². The number of hydrogen-bond donors (Lipinski definition) is 1. The van der Waals surface area contributed by atoms with E-state index in [-0.39, 0.29) is 11.8 Å². The van der Waals surface area contributed by atoms with Crippen molar-refractivity contribution in [1.82, 2.24) is 15.1 Å². The molecule has 2 saturated heterocycles. The lowest BCUT2D eigenvalue weighted by molar-refractivity contribution is -0.126. The van der Waals surface area contributed by atoms with Gasteiger partial charge in [-0.2, -0.15) is 0 Å². The van der Waals surface area contributed by atoms with Crippen molar-refractivity contribution in [2.24, 2.45) is 5.92 Å². The first-order chi connectivity index (χ1) is 12.7. The number of nitrogens with zero attached hydrogens (tertiary/aromatic N) is 2. The number of benzene rings is 1. The van der Waals surface area contributed by atoms with E-state index in [0.717, 1.165) is 52.0 Å². The summed E-state index contributed by atoms with van der Waals surface area (Å²) in [6.07, 6.45) is 7.13. The molecule has 2 aliphatic heterocycles. The van der Waals surface area contributed by atoms with Gasteiger partial charge in [0.2, 0.25) is 5.91 Å². The van der Waals surface area contributed by atoms with Gasteiger partial charge in [-0.25, -0.2) is 0 Å². The second-order valence-electron chi connectivity index (χ2n) is 8.02. The van der Waals surface area contributed by atoms with Gasteiger partial charge in [0.15, 0.2) is 0 Å². The standard InChI is InChI=1S/C22H35N3O/c1-19-8-3-4-9-21(19)18-25-16-10-20(11-17-25)22(26)23-12-7-15-24-13-5-2-6-14-24/h3-4,8-9,20H,2,5-7,10-18H2,1H3,(H,23,26). The SMILES string of the molecule is Cc1ccccc1CN1CCC(C(=O)NCCCN2CCCCC2)CC1. The van der Waals surface area contributed by atoms with E-state index in [2.05, 4.69) is 46.3 Å².